The summed E-state index contributed by atoms with van der Waals surface area (Å²) < 4.78 is 19.3. The van der Waals surface area contributed by atoms with Gasteiger partial charge >= 0.3 is 0 Å². The van der Waals surface area contributed by atoms with Crippen LogP contribution in [0.15, 0.2) is 47.4 Å². The van der Waals surface area contributed by atoms with Crippen LogP contribution in [0.2, 0.25) is 0 Å². The second-order valence-corrected chi connectivity index (χ2v) is 5.45. The van der Waals surface area contributed by atoms with Gasteiger partial charge in [-0.3, -0.25) is 0 Å². The van der Waals surface area contributed by atoms with Crippen LogP contribution in [0.3, 0.4) is 0 Å². The molecule has 0 saturated heterocycles. The first-order valence-corrected chi connectivity index (χ1v) is 7.58. The lowest BCUT2D eigenvalue weighted by atomic mass is 10.1. The van der Waals surface area contributed by atoms with Gasteiger partial charge in [-0.15, -0.1) is 11.8 Å². The Bertz CT molecular complexity index is 614. The predicted octanol–water partition coefficient (Wildman–Crippen LogP) is 3.76. The Balaban J connectivity index is 2.09. The summed E-state index contributed by atoms with van der Waals surface area (Å²) in [5.41, 5.74) is 6.61. The highest BCUT2D eigenvalue weighted by Crippen LogP contribution is 2.20. The average molecular weight is 307 g/mol. The van der Waals surface area contributed by atoms with Gasteiger partial charge in [0, 0.05) is 16.0 Å². The van der Waals surface area contributed by atoms with Gasteiger partial charge in [0.15, 0.2) is 0 Å². The van der Waals surface area contributed by atoms with E-state index in [0.29, 0.717) is 16.9 Å². The molecule has 0 heterocycles. The number of rotatable bonds is 5. The number of hydrogen-bond acceptors (Lipinski definition) is 3. The van der Waals surface area contributed by atoms with Crippen LogP contribution >= 0.6 is 24.0 Å². The first-order chi connectivity index (χ1) is 9.60. The minimum atomic E-state index is -0.328. The van der Waals surface area contributed by atoms with Crippen molar-refractivity contribution in [3.8, 4) is 5.75 Å². The van der Waals surface area contributed by atoms with E-state index < -0.39 is 0 Å². The highest BCUT2D eigenvalue weighted by atomic mass is 32.2. The van der Waals surface area contributed by atoms with E-state index in [-0.39, 0.29) is 17.4 Å². The molecule has 0 amide bonds. The number of thiocarbonyl (C=S) groups is 1. The molecule has 0 aliphatic heterocycles. The second kappa shape index (κ2) is 6.72. The molecule has 0 aliphatic carbocycles. The topological polar surface area (TPSA) is 35.2 Å². The first-order valence-electron chi connectivity index (χ1n) is 5.95. The van der Waals surface area contributed by atoms with E-state index in [2.05, 4.69) is 0 Å². The van der Waals surface area contributed by atoms with Crippen molar-refractivity contribution in [2.45, 2.75) is 11.5 Å². The molecule has 0 unspecified atom stereocenters. The van der Waals surface area contributed by atoms with E-state index in [1.54, 1.807) is 23.9 Å². The molecule has 5 heteroatoms. The smallest absolute Gasteiger partial charge is 0.129 e. The fraction of sp³-hybridized carbons (Fsp3) is 0.133. The lowest BCUT2D eigenvalue weighted by Gasteiger charge is -2.09. The van der Waals surface area contributed by atoms with Crippen molar-refractivity contribution in [1.82, 2.24) is 0 Å². The van der Waals surface area contributed by atoms with Crippen molar-refractivity contribution in [3.05, 3.63) is 59.4 Å². The summed E-state index contributed by atoms with van der Waals surface area (Å²) in [6, 6.07) is 12.2. The van der Waals surface area contributed by atoms with Crippen molar-refractivity contribution in [1.29, 1.82) is 0 Å². The third kappa shape index (κ3) is 3.71. The molecule has 0 bridgehead atoms. The van der Waals surface area contributed by atoms with Gasteiger partial charge in [0.1, 0.15) is 23.2 Å². The minimum Gasteiger partial charge on any atom is -0.489 e. The highest BCUT2D eigenvalue weighted by molar-refractivity contribution is 7.98. The molecule has 0 aromatic heterocycles. The van der Waals surface area contributed by atoms with E-state index in [4.69, 9.17) is 22.7 Å². The van der Waals surface area contributed by atoms with Crippen LogP contribution in [0.1, 0.15) is 11.1 Å². The van der Waals surface area contributed by atoms with Gasteiger partial charge < -0.3 is 10.5 Å². The summed E-state index contributed by atoms with van der Waals surface area (Å²) in [4.78, 5) is 1.40. The van der Waals surface area contributed by atoms with E-state index in [1.807, 2.05) is 30.5 Å². The molecule has 0 fully saturated rings. The average Bonchev–Trinajstić information content (AvgIpc) is 2.46. The fourth-order valence-electron chi connectivity index (χ4n) is 1.67. The predicted molar refractivity (Wildman–Crippen MR) is 84.8 cm³/mol. The maximum atomic E-state index is 13.7. The second-order valence-electron chi connectivity index (χ2n) is 4.13. The highest BCUT2D eigenvalue weighted by Gasteiger charge is 2.06. The monoisotopic (exact) mass is 307 g/mol. The quantitative estimate of drug-likeness (QED) is 0.674. The zero-order chi connectivity index (χ0) is 14.5. The number of nitrogens with two attached hydrogens (primary N) is 1. The normalized spacial score (nSPS) is 10.3. The lowest BCUT2D eigenvalue weighted by molar-refractivity contribution is 0.299. The third-order valence-corrected chi connectivity index (χ3v) is 3.76. The maximum absolute atomic E-state index is 13.7. The largest absolute Gasteiger partial charge is 0.489 e. The van der Waals surface area contributed by atoms with Gasteiger partial charge in [-0.05, 0) is 48.7 Å². The fourth-order valence-corrected chi connectivity index (χ4v) is 2.21. The van der Waals surface area contributed by atoms with E-state index >= 15 is 0 Å². The Morgan fingerprint density at radius 2 is 1.95 bits per heavy atom. The Labute approximate surface area is 127 Å². The van der Waals surface area contributed by atoms with Gasteiger partial charge in [0.2, 0.25) is 0 Å². The first kappa shape index (κ1) is 14.8. The molecule has 20 heavy (non-hydrogen) atoms. The van der Waals surface area contributed by atoms with Crippen molar-refractivity contribution in [2.24, 2.45) is 5.73 Å². The van der Waals surface area contributed by atoms with Crippen LogP contribution in [-0.2, 0) is 6.61 Å². The molecule has 0 aliphatic rings. The van der Waals surface area contributed by atoms with Crippen molar-refractivity contribution < 1.29 is 9.13 Å². The molecule has 0 spiro atoms. The Morgan fingerprint density at radius 1 is 1.25 bits per heavy atom. The standard InChI is InChI=1S/C15H14FNOS2/c1-20-13-5-3-12(4-6-13)18-9-11-8-10(15(17)19)2-7-14(11)16/h2-8H,9H2,1H3,(H2,17,19). The lowest BCUT2D eigenvalue weighted by Crippen LogP contribution is -2.10. The Morgan fingerprint density at radius 3 is 2.55 bits per heavy atom. The van der Waals surface area contributed by atoms with Gasteiger partial charge in [-0.25, -0.2) is 4.39 Å². The molecule has 104 valence electrons. The Hall–Kier alpha value is -1.59. The Kier molecular flexibility index (Phi) is 4.98. The summed E-state index contributed by atoms with van der Waals surface area (Å²) in [6.45, 7) is 0.140. The molecular formula is C15H14FNOS2. The van der Waals surface area contributed by atoms with E-state index in [1.165, 1.54) is 6.07 Å². The zero-order valence-corrected chi connectivity index (χ0v) is 12.6. The SMILES string of the molecule is CSc1ccc(OCc2cc(C(N)=S)ccc2F)cc1. The van der Waals surface area contributed by atoms with Crippen LogP contribution < -0.4 is 10.5 Å². The maximum Gasteiger partial charge on any atom is 0.129 e. The molecule has 2 N–H and O–H groups in total. The minimum absolute atomic E-state index is 0.140. The number of ether oxygens (including phenoxy) is 1. The van der Waals surface area contributed by atoms with Crippen molar-refractivity contribution in [3.63, 3.8) is 0 Å². The molecule has 2 nitrogen and oxygen atoms in total. The molecule has 2 aromatic rings. The molecule has 0 radical (unpaired) electrons. The zero-order valence-electron chi connectivity index (χ0n) is 10.9. The molecule has 0 saturated carbocycles. The molecule has 0 atom stereocenters. The van der Waals surface area contributed by atoms with E-state index in [9.17, 15) is 4.39 Å². The van der Waals surface area contributed by atoms with Crippen LogP contribution in [0, 0.1) is 5.82 Å². The number of hydrogen-bond donors (Lipinski definition) is 1. The third-order valence-electron chi connectivity index (χ3n) is 2.78. The van der Waals surface area contributed by atoms with Crippen LogP contribution in [0.4, 0.5) is 4.39 Å². The summed E-state index contributed by atoms with van der Waals surface area (Å²) in [5, 5.41) is 0. The number of benzene rings is 2. The van der Waals surface area contributed by atoms with Gasteiger partial charge in [-0.1, -0.05) is 12.2 Å². The van der Waals surface area contributed by atoms with Crippen LogP contribution in [0.25, 0.3) is 0 Å². The van der Waals surface area contributed by atoms with Crippen molar-refractivity contribution >= 4 is 29.0 Å². The summed E-state index contributed by atoms with van der Waals surface area (Å²) in [5.74, 6) is 0.369. The molecular weight excluding hydrogens is 293 g/mol. The van der Waals surface area contributed by atoms with Crippen LogP contribution in [0.5, 0.6) is 5.75 Å². The van der Waals surface area contributed by atoms with Gasteiger partial charge in [0.25, 0.3) is 0 Å². The summed E-state index contributed by atoms with van der Waals surface area (Å²) >= 11 is 6.54. The summed E-state index contributed by atoms with van der Waals surface area (Å²) in [6.07, 6.45) is 2.01. The van der Waals surface area contributed by atoms with Crippen LogP contribution in [-0.4, -0.2) is 11.2 Å². The number of halogens is 1. The summed E-state index contributed by atoms with van der Waals surface area (Å²) in [7, 11) is 0. The van der Waals surface area contributed by atoms with Crippen molar-refractivity contribution in [2.75, 3.05) is 6.26 Å². The van der Waals surface area contributed by atoms with E-state index in [0.717, 1.165) is 4.90 Å². The molecule has 2 aromatic carbocycles. The molecule has 2 rings (SSSR count). The van der Waals surface area contributed by atoms with Gasteiger partial charge in [-0.2, -0.15) is 0 Å². The number of thioether (sulfide) groups is 1. The van der Waals surface area contributed by atoms with Gasteiger partial charge in [0.05, 0.1) is 0 Å².